The number of sulfone groups is 1. The lowest BCUT2D eigenvalue weighted by Crippen LogP contribution is -2.31. The fourth-order valence-corrected chi connectivity index (χ4v) is 5.32. The standard InChI is InChI=1S/C27H22F2N8O4S/c1-42(39,40)20-6-2-17(3-7-20)15-41-32-26-21-12-18(28)4-8-23(21)37(27(26)38)14-25-31-22-13-19(29)5-9-24(22)36(25)11-10-35-16-30-33-34-35/h2-9,12-13,16H,10-11,14-15H2,1H3. The Kier molecular flexibility index (Phi) is 6.94. The summed E-state index contributed by atoms with van der Waals surface area (Å²) in [5.41, 5.74) is 2.24. The second kappa shape index (κ2) is 10.7. The Morgan fingerprint density at radius 2 is 1.74 bits per heavy atom. The predicted octanol–water partition coefficient (Wildman–Crippen LogP) is 2.87. The topological polar surface area (TPSA) is 137 Å². The van der Waals surface area contributed by atoms with Crippen molar-refractivity contribution in [1.29, 1.82) is 0 Å². The number of tetrazole rings is 1. The van der Waals surface area contributed by atoms with Crippen LogP contribution < -0.4 is 4.90 Å². The van der Waals surface area contributed by atoms with Gasteiger partial charge in [0.05, 0.1) is 34.7 Å². The van der Waals surface area contributed by atoms with E-state index < -0.39 is 27.4 Å². The first-order valence-corrected chi connectivity index (χ1v) is 14.5. The zero-order valence-electron chi connectivity index (χ0n) is 22.1. The molecule has 5 aromatic rings. The maximum atomic E-state index is 14.3. The van der Waals surface area contributed by atoms with Crippen LogP contribution in [0.5, 0.6) is 0 Å². The number of halogens is 2. The fraction of sp³-hybridized carbons (Fsp3) is 0.185. The lowest BCUT2D eigenvalue weighted by molar-refractivity contribution is -0.112. The predicted molar refractivity (Wildman–Crippen MR) is 146 cm³/mol. The van der Waals surface area contributed by atoms with E-state index in [-0.39, 0.29) is 29.3 Å². The van der Waals surface area contributed by atoms with Gasteiger partial charge in [-0.1, -0.05) is 17.3 Å². The van der Waals surface area contributed by atoms with E-state index in [0.717, 1.165) is 6.26 Å². The Balaban J connectivity index is 1.28. The molecule has 0 saturated heterocycles. The minimum Gasteiger partial charge on any atom is -0.390 e. The summed E-state index contributed by atoms with van der Waals surface area (Å²) in [7, 11) is -3.35. The van der Waals surface area contributed by atoms with Crippen LogP contribution in [0, 0.1) is 11.6 Å². The van der Waals surface area contributed by atoms with E-state index in [1.165, 1.54) is 58.4 Å². The number of nitrogens with zero attached hydrogens (tertiary/aromatic N) is 8. The van der Waals surface area contributed by atoms with Crippen molar-refractivity contribution in [2.45, 2.75) is 31.1 Å². The average Bonchev–Trinajstić information content (AvgIpc) is 3.65. The van der Waals surface area contributed by atoms with E-state index in [4.69, 9.17) is 4.84 Å². The van der Waals surface area contributed by atoms with Crippen LogP contribution in [-0.2, 0) is 45.7 Å². The van der Waals surface area contributed by atoms with E-state index in [9.17, 15) is 22.0 Å². The van der Waals surface area contributed by atoms with E-state index in [1.807, 2.05) is 4.57 Å². The first-order valence-electron chi connectivity index (χ1n) is 12.6. The molecule has 0 unspecified atom stereocenters. The summed E-state index contributed by atoms with van der Waals surface area (Å²) in [6, 6.07) is 14.2. The van der Waals surface area contributed by atoms with E-state index in [2.05, 4.69) is 25.7 Å². The normalized spacial score (nSPS) is 14.2. The van der Waals surface area contributed by atoms with Crippen molar-refractivity contribution in [3.63, 3.8) is 0 Å². The van der Waals surface area contributed by atoms with Gasteiger partial charge in [0.2, 0.25) is 0 Å². The molecule has 42 heavy (non-hydrogen) atoms. The molecular formula is C27H22F2N8O4S. The van der Waals surface area contributed by atoms with Crippen LogP contribution in [0.2, 0.25) is 0 Å². The Labute approximate surface area is 237 Å². The minimum absolute atomic E-state index is 0.0185. The highest BCUT2D eigenvalue weighted by Gasteiger charge is 2.36. The molecule has 0 saturated carbocycles. The molecule has 0 aliphatic carbocycles. The lowest BCUT2D eigenvalue weighted by Gasteiger charge is -2.18. The first kappa shape index (κ1) is 27.1. The number of anilines is 1. The molecule has 2 aromatic heterocycles. The van der Waals surface area contributed by atoms with Crippen molar-refractivity contribution in [2.24, 2.45) is 5.16 Å². The zero-order chi connectivity index (χ0) is 29.4. The second-order valence-electron chi connectivity index (χ2n) is 9.57. The molecule has 15 heteroatoms. The van der Waals surface area contributed by atoms with Gasteiger partial charge in [-0.25, -0.2) is 26.9 Å². The highest BCUT2D eigenvalue weighted by molar-refractivity contribution is 7.90. The summed E-state index contributed by atoms with van der Waals surface area (Å²) in [5.74, 6) is -1.08. The Morgan fingerprint density at radius 3 is 2.48 bits per heavy atom. The van der Waals surface area contributed by atoms with Gasteiger partial charge in [-0.2, -0.15) is 0 Å². The number of rotatable bonds is 9. The van der Waals surface area contributed by atoms with Crippen molar-refractivity contribution in [3.8, 4) is 0 Å². The molecular weight excluding hydrogens is 570 g/mol. The number of imidazole rings is 1. The van der Waals surface area contributed by atoms with Gasteiger partial charge in [0.1, 0.15) is 30.4 Å². The third-order valence-corrected chi connectivity index (χ3v) is 7.85. The number of amides is 1. The molecule has 12 nitrogen and oxygen atoms in total. The van der Waals surface area contributed by atoms with Crippen LogP contribution >= 0.6 is 0 Å². The van der Waals surface area contributed by atoms with Crippen molar-refractivity contribution in [1.82, 2.24) is 29.8 Å². The maximum Gasteiger partial charge on any atom is 0.281 e. The minimum atomic E-state index is -3.35. The van der Waals surface area contributed by atoms with Crippen LogP contribution in [0.3, 0.4) is 0 Å². The number of aromatic nitrogens is 6. The zero-order valence-corrected chi connectivity index (χ0v) is 22.9. The molecule has 0 fully saturated rings. The van der Waals surface area contributed by atoms with Gasteiger partial charge in [-0.05, 0) is 58.5 Å². The summed E-state index contributed by atoms with van der Waals surface area (Å²) >= 11 is 0. The number of hydrogen-bond donors (Lipinski definition) is 0. The molecule has 0 N–H and O–H groups in total. The highest BCUT2D eigenvalue weighted by atomic mass is 32.2. The summed E-state index contributed by atoms with van der Waals surface area (Å²) in [5, 5.41) is 15.2. The molecule has 3 heterocycles. The van der Waals surface area contributed by atoms with Gasteiger partial charge in [0.15, 0.2) is 15.5 Å². The van der Waals surface area contributed by atoms with E-state index in [1.54, 1.807) is 18.2 Å². The van der Waals surface area contributed by atoms with Crippen molar-refractivity contribution in [2.75, 3.05) is 11.2 Å². The first-order chi connectivity index (χ1) is 20.2. The summed E-state index contributed by atoms with van der Waals surface area (Å²) in [4.78, 5) is 25.2. The highest BCUT2D eigenvalue weighted by Crippen LogP contribution is 2.32. The molecule has 1 amide bonds. The van der Waals surface area contributed by atoms with Crippen LogP contribution in [0.15, 0.2) is 77.0 Å². The van der Waals surface area contributed by atoms with Gasteiger partial charge < -0.3 is 9.40 Å². The Morgan fingerprint density at radius 1 is 0.976 bits per heavy atom. The smallest absolute Gasteiger partial charge is 0.281 e. The Bertz CT molecular complexity index is 1940. The SMILES string of the molecule is CS(=O)(=O)c1ccc(CON=C2C(=O)N(Cc3nc4cc(F)ccc4n3CCn3cnnn3)c3ccc(F)cc32)cc1. The molecule has 0 spiro atoms. The lowest BCUT2D eigenvalue weighted by atomic mass is 10.1. The quantitative estimate of drug-likeness (QED) is 0.238. The number of carbonyl (C=O) groups is 1. The summed E-state index contributed by atoms with van der Waals surface area (Å²) in [6.45, 7) is 0.701. The number of aryl methyl sites for hydroxylation is 2. The Hall–Kier alpha value is -5.05. The number of benzene rings is 3. The maximum absolute atomic E-state index is 14.3. The van der Waals surface area contributed by atoms with Gasteiger partial charge in [0, 0.05) is 24.4 Å². The van der Waals surface area contributed by atoms with Gasteiger partial charge in [-0.15, -0.1) is 5.10 Å². The van der Waals surface area contributed by atoms with Gasteiger partial charge >= 0.3 is 0 Å². The molecule has 214 valence electrons. The van der Waals surface area contributed by atoms with Gasteiger partial charge in [0.25, 0.3) is 5.91 Å². The second-order valence-corrected chi connectivity index (χ2v) is 11.6. The van der Waals surface area contributed by atoms with Crippen LogP contribution in [0.4, 0.5) is 14.5 Å². The van der Waals surface area contributed by atoms with Crippen LogP contribution in [0.1, 0.15) is 17.0 Å². The largest absolute Gasteiger partial charge is 0.390 e. The third kappa shape index (κ3) is 5.33. The number of carbonyl (C=O) groups excluding carboxylic acids is 1. The van der Waals surface area contributed by atoms with Crippen LogP contribution in [0.25, 0.3) is 11.0 Å². The number of fused-ring (bicyclic) bond motifs is 2. The van der Waals surface area contributed by atoms with E-state index >= 15 is 0 Å². The molecule has 0 radical (unpaired) electrons. The summed E-state index contributed by atoms with van der Waals surface area (Å²) in [6.07, 6.45) is 2.58. The molecule has 3 aromatic carbocycles. The van der Waals surface area contributed by atoms with Crippen LogP contribution in [-0.4, -0.2) is 56.1 Å². The number of hydrogen-bond acceptors (Lipinski definition) is 9. The van der Waals surface area contributed by atoms with Crippen molar-refractivity contribution >= 4 is 38.2 Å². The average molecular weight is 593 g/mol. The van der Waals surface area contributed by atoms with Gasteiger partial charge in [-0.3, -0.25) is 9.69 Å². The fourth-order valence-electron chi connectivity index (χ4n) is 4.68. The third-order valence-electron chi connectivity index (χ3n) is 6.72. The molecule has 6 rings (SSSR count). The molecule has 0 atom stereocenters. The van der Waals surface area contributed by atoms with Crippen molar-refractivity contribution in [3.05, 3.63) is 95.6 Å². The summed E-state index contributed by atoms with van der Waals surface area (Å²) < 4.78 is 55.1. The monoisotopic (exact) mass is 592 g/mol. The number of oxime groups is 1. The molecule has 0 bridgehead atoms. The molecule has 1 aliphatic heterocycles. The van der Waals surface area contributed by atoms with E-state index in [0.29, 0.717) is 41.2 Å². The van der Waals surface area contributed by atoms with Crippen molar-refractivity contribution < 1.29 is 26.8 Å². The molecule has 1 aliphatic rings.